The average Bonchev–Trinajstić information content (AvgIpc) is 2.52. The van der Waals surface area contributed by atoms with Gasteiger partial charge in [0.15, 0.2) is 0 Å². The van der Waals surface area contributed by atoms with Crippen LogP contribution in [0.25, 0.3) is 0 Å². The van der Waals surface area contributed by atoms with Crippen molar-refractivity contribution in [2.24, 2.45) is 0 Å². The van der Waals surface area contributed by atoms with E-state index in [-0.39, 0.29) is 0 Å². The van der Waals surface area contributed by atoms with E-state index in [1.807, 2.05) is 0 Å². The van der Waals surface area contributed by atoms with Gasteiger partial charge in [-0.15, -0.1) is 0 Å². The fourth-order valence-corrected chi connectivity index (χ4v) is 2.55. The van der Waals surface area contributed by atoms with Gasteiger partial charge in [0.1, 0.15) is 11.6 Å². The Hall–Kier alpha value is -1.20. The molecule has 0 radical (unpaired) electrons. The summed E-state index contributed by atoms with van der Waals surface area (Å²) in [6.45, 7) is 5.05. The first-order valence-electron chi connectivity index (χ1n) is 8.04. The summed E-state index contributed by atoms with van der Waals surface area (Å²) in [6.07, 6.45) is 6.53. The maximum absolute atomic E-state index is 5.52. The summed E-state index contributed by atoms with van der Waals surface area (Å²) in [7, 11) is 1.68. The maximum atomic E-state index is 5.52. The predicted octanol–water partition coefficient (Wildman–Crippen LogP) is 2.38. The van der Waals surface area contributed by atoms with Crippen LogP contribution < -0.4 is 5.32 Å². The van der Waals surface area contributed by atoms with E-state index in [1.165, 1.54) is 24.1 Å². The Morgan fingerprint density at radius 2 is 1.95 bits per heavy atom. The van der Waals surface area contributed by atoms with Crippen molar-refractivity contribution in [3.8, 4) is 0 Å². The first kappa shape index (κ1) is 16.2. The topological polar surface area (TPSA) is 56.3 Å². The first-order valence-corrected chi connectivity index (χ1v) is 8.04. The van der Waals surface area contributed by atoms with E-state index in [9.17, 15) is 0 Å². The molecule has 0 aromatic carbocycles. The molecule has 0 spiro atoms. The number of hydrogen-bond acceptors (Lipinski definition) is 5. The second kappa shape index (κ2) is 8.95. The monoisotopic (exact) mass is 293 g/mol. The largest absolute Gasteiger partial charge is 0.382 e. The van der Waals surface area contributed by atoms with E-state index in [0.29, 0.717) is 19.8 Å². The third-order valence-corrected chi connectivity index (χ3v) is 3.67. The Labute approximate surface area is 127 Å². The molecule has 0 unspecified atom stereocenters. The lowest BCUT2D eigenvalue weighted by molar-refractivity contribution is 0.0716. The Bertz CT molecular complexity index is 438. The maximum Gasteiger partial charge on any atom is 0.133 e. The molecule has 5 heteroatoms. The quantitative estimate of drug-likeness (QED) is 0.708. The lowest BCUT2D eigenvalue weighted by Crippen LogP contribution is -2.16. The summed E-state index contributed by atoms with van der Waals surface area (Å²) >= 11 is 0. The average molecular weight is 293 g/mol. The SMILES string of the molecule is CCCNc1nc(CCOCCOC)nc2c1CCCC2. The Morgan fingerprint density at radius 3 is 2.76 bits per heavy atom. The molecular weight excluding hydrogens is 266 g/mol. The van der Waals surface area contributed by atoms with Crippen molar-refractivity contribution in [2.75, 3.05) is 38.8 Å². The van der Waals surface area contributed by atoms with Gasteiger partial charge >= 0.3 is 0 Å². The van der Waals surface area contributed by atoms with Gasteiger partial charge in [-0.25, -0.2) is 9.97 Å². The number of ether oxygens (including phenoxy) is 2. The van der Waals surface area contributed by atoms with Gasteiger partial charge < -0.3 is 14.8 Å². The highest BCUT2D eigenvalue weighted by Gasteiger charge is 2.17. The molecule has 118 valence electrons. The van der Waals surface area contributed by atoms with Crippen LogP contribution in [-0.4, -0.2) is 43.4 Å². The highest BCUT2D eigenvalue weighted by atomic mass is 16.5. The number of rotatable bonds is 9. The Balaban J connectivity index is 2.00. The number of anilines is 1. The van der Waals surface area contributed by atoms with Crippen LogP contribution in [0.5, 0.6) is 0 Å². The van der Waals surface area contributed by atoms with E-state index in [2.05, 4.69) is 12.2 Å². The van der Waals surface area contributed by atoms with E-state index in [0.717, 1.165) is 43.9 Å². The Kier molecular flexibility index (Phi) is 6.89. The van der Waals surface area contributed by atoms with Crippen molar-refractivity contribution in [3.05, 3.63) is 17.1 Å². The molecule has 0 amide bonds. The van der Waals surface area contributed by atoms with Crippen molar-refractivity contribution in [3.63, 3.8) is 0 Å². The van der Waals surface area contributed by atoms with Gasteiger partial charge in [0.2, 0.25) is 0 Å². The van der Waals surface area contributed by atoms with Crippen LogP contribution in [0.3, 0.4) is 0 Å². The minimum Gasteiger partial charge on any atom is -0.382 e. The molecule has 2 rings (SSSR count). The molecule has 1 heterocycles. The van der Waals surface area contributed by atoms with Crippen molar-refractivity contribution >= 4 is 5.82 Å². The Morgan fingerprint density at radius 1 is 1.10 bits per heavy atom. The second-order valence-corrected chi connectivity index (χ2v) is 5.40. The summed E-state index contributed by atoms with van der Waals surface area (Å²) < 4.78 is 10.5. The highest BCUT2D eigenvalue weighted by Crippen LogP contribution is 2.25. The van der Waals surface area contributed by atoms with Crippen LogP contribution in [0.2, 0.25) is 0 Å². The van der Waals surface area contributed by atoms with Crippen LogP contribution >= 0.6 is 0 Å². The van der Waals surface area contributed by atoms with Gasteiger partial charge in [-0.2, -0.15) is 0 Å². The molecule has 0 saturated carbocycles. The van der Waals surface area contributed by atoms with Crippen molar-refractivity contribution in [1.82, 2.24) is 9.97 Å². The number of fused-ring (bicyclic) bond motifs is 1. The molecule has 0 saturated heterocycles. The number of aryl methyl sites for hydroxylation is 1. The molecule has 0 fully saturated rings. The molecule has 0 atom stereocenters. The molecular formula is C16H27N3O2. The van der Waals surface area contributed by atoms with Crippen molar-refractivity contribution in [2.45, 2.75) is 45.4 Å². The summed E-state index contributed by atoms with van der Waals surface area (Å²) in [5.41, 5.74) is 2.57. The zero-order valence-corrected chi connectivity index (χ0v) is 13.3. The molecule has 1 N–H and O–H groups in total. The van der Waals surface area contributed by atoms with Crippen LogP contribution in [0.15, 0.2) is 0 Å². The lowest BCUT2D eigenvalue weighted by Gasteiger charge is -2.19. The smallest absolute Gasteiger partial charge is 0.133 e. The number of methoxy groups -OCH3 is 1. The van der Waals surface area contributed by atoms with Gasteiger partial charge in [0.05, 0.1) is 19.8 Å². The predicted molar refractivity (Wildman–Crippen MR) is 83.9 cm³/mol. The molecule has 21 heavy (non-hydrogen) atoms. The fraction of sp³-hybridized carbons (Fsp3) is 0.750. The van der Waals surface area contributed by atoms with Gasteiger partial charge in [-0.1, -0.05) is 6.92 Å². The molecule has 1 aromatic heterocycles. The summed E-state index contributed by atoms with van der Waals surface area (Å²) in [5, 5.41) is 3.46. The molecule has 0 bridgehead atoms. The van der Waals surface area contributed by atoms with Gasteiger partial charge in [0, 0.05) is 31.3 Å². The number of aromatic nitrogens is 2. The van der Waals surface area contributed by atoms with Crippen LogP contribution in [0.4, 0.5) is 5.82 Å². The zero-order valence-electron chi connectivity index (χ0n) is 13.3. The zero-order chi connectivity index (χ0) is 14.9. The minimum atomic E-state index is 0.627. The van der Waals surface area contributed by atoms with E-state index in [4.69, 9.17) is 19.4 Å². The molecule has 1 aliphatic carbocycles. The van der Waals surface area contributed by atoms with Crippen LogP contribution in [-0.2, 0) is 28.7 Å². The first-order chi connectivity index (χ1) is 10.3. The van der Waals surface area contributed by atoms with Crippen LogP contribution in [0, 0.1) is 0 Å². The summed E-state index contributed by atoms with van der Waals surface area (Å²) in [6, 6.07) is 0. The lowest BCUT2D eigenvalue weighted by atomic mass is 9.96. The number of nitrogens with zero attached hydrogens (tertiary/aromatic N) is 2. The van der Waals surface area contributed by atoms with Crippen molar-refractivity contribution < 1.29 is 9.47 Å². The highest BCUT2D eigenvalue weighted by molar-refractivity contribution is 5.47. The second-order valence-electron chi connectivity index (χ2n) is 5.40. The van der Waals surface area contributed by atoms with E-state index < -0.39 is 0 Å². The number of hydrogen-bond donors (Lipinski definition) is 1. The standard InChI is InChI=1S/C16H27N3O2/c1-3-9-17-16-13-6-4-5-7-14(13)18-15(19-16)8-10-21-12-11-20-2/h3-12H2,1-2H3,(H,17,18,19). The normalized spacial score (nSPS) is 14.0. The van der Waals surface area contributed by atoms with Crippen molar-refractivity contribution in [1.29, 1.82) is 0 Å². The molecule has 1 aliphatic rings. The molecule has 5 nitrogen and oxygen atoms in total. The summed E-state index contributed by atoms with van der Waals surface area (Å²) in [5.74, 6) is 1.94. The third-order valence-electron chi connectivity index (χ3n) is 3.67. The van der Waals surface area contributed by atoms with Gasteiger partial charge in [-0.05, 0) is 32.1 Å². The van der Waals surface area contributed by atoms with E-state index in [1.54, 1.807) is 7.11 Å². The van der Waals surface area contributed by atoms with E-state index >= 15 is 0 Å². The number of nitrogens with one attached hydrogen (secondary N) is 1. The summed E-state index contributed by atoms with van der Waals surface area (Å²) in [4.78, 5) is 9.45. The van der Waals surface area contributed by atoms with Gasteiger partial charge in [0.25, 0.3) is 0 Å². The molecule has 1 aromatic rings. The minimum absolute atomic E-state index is 0.627. The van der Waals surface area contributed by atoms with Crippen LogP contribution in [0.1, 0.15) is 43.3 Å². The third kappa shape index (κ3) is 4.93. The molecule has 0 aliphatic heterocycles. The fourth-order valence-electron chi connectivity index (χ4n) is 2.55. The van der Waals surface area contributed by atoms with Gasteiger partial charge in [-0.3, -0.25) is 0 Å².